The topological polar surface area (TPSA) is 96.6 Å². The second-order valence-corrected chi connectivity index (χ2v) is 6.43. The van der Waals surface area contributed by atoms with Crippen LogP contribution in [0.2, 0.25) is 5.02 Å². The fourth-order valence-electron chi connectivity index (χ4n) is 1.73. The van der Waals surface area contributed by atoms with Gasteiger partial charge in [-0.1, -0.05) is 11.6 Å². The Labute approximate surface area is 126 Å². The van der Waals surface area contributed by atoms with E-state index in [0.717, 1.165) is 6.07 Å². The molecule has 0 aliphatic heterocycles. The summed E-state index contributed by atoms with van der Waals surface area (Å²) in [5.41, 5.74) is -0.273. The fraction of sp³-hybridized carbons (Fsp3) is 0.154. The summed E-state index contributed by atoms with van der Waals surface area (Å²) in [5.74, 6) is -0.845. The van der Waals surface area contributed by atoms with Gasteiger partial charge < -0.3 is 9.52 Å². The molecule has 0 bridgehead atoms. The van der Waals surface area contributed by atoms with Crippen molar-refractivity contribution in [2.45, 2.75) is 17.9 Å². The van der Waals surface area contributed by atoms with Crippen LogP contribution in [0.5, 0.6) is 0 Å². The zero-order valence-electron chi connectivity index (χ0n) is 10.9. The lowest BCUT2D eigenvalue weighted by Crippen LogP contribution is -2.26. The predicted octanol–water partition coefficient (Wildman–Crippen LogP) is 2.67. The first-order chi connectivity index (χ1) is 9.81. The van der Waals surface area contributed by atoms with Gasteiger partial charge in [0.15, 0.2) is 0 Å². The molecule has 112 valence electrons. The number of furan rings is 1. The van der Waals surface area contributed by atoms with E-state index in [0.29, 0.717) is 5.76 Å². The number of hydrogen-bond donors (Lipinski definition) is 2. The lowest BCUT2D eigenvalue weighted by Gasteiger charge is -2.12. The number of nitrogens with one attached hydrogen (secondary N) is 1. The summed E-state index contributed by atoms with van der Waals surface area (Å²) in [6, 6.07) is 6.18. The van der Waals surface area contributed by atoms with Crippen molar-refractivity contribution < 1.29 is 22.7 Å². The average molecular weight is 330 g/mol. The maximum atomic E-state index is 12.2. The number of carbonyl (C=O) groups is 1. The number of halogens is 1. The molecule has 1 atom stereocenters. The molecule has 6 nitrogen and oxygen atoms in total. The van der Waals surface area contributed by atoms with Crippen molar-refractivity contribution in [3.63, 3.8) is 0 Å². The SMILES string of the molecule is C[C@@H](NS(=O)(=O)c1ccc(Cl)c(C(=O)O)c1)c1ccco1. The summed E-state index contributed by atoms with van der Waals surface area (Å²) in [5, 5.41) is 8.95. The summed E-state index contributed by atoms with van der Waals surface area (Å²) < 4.78 is 32.0. The van der Waals surface area contributed by atoms with Gasteiger partial charge in [0.25, 0.3) is 0 Å². The van der Waals surface area contributed by atoms with Crippen molar-refractivity contribution in [1.29, 1.82) is 0 Å². The average Bonchev–Trinajstić information content (AvgIpc) is 2.92. The van der Waals surface area contributed by atoms with Crippen molar-refractivity contribution >= 4 is 27.6 Å². The van der Waals surface area contributed by atoms with Crippen molar-refractivity contribution in [3.8, 4) is 0 Å². The molecule has 21 heavy (non-hydrogen) atoms. The van der Waals surface area contributed by atoms with Gasteiger partial charge in [0.2, 0.25) is 10.0 Å². The van der Waals surface area contributed by atoms with Crippen LogP contribution < -0.4 is 4.72 Å². The number of carboxylic acid groups (broad SMARTS) is 1. The van der Waals surface area contributed by atoms with Gasteiger partial charge in [0, 0.05) is 0 Å². The third kappa shape index (κ3) is 3.44. The van der Waals surface area contributed by atoms with Crippen LogP contribution in [0.25, 0.3) is 0 Å². The molecule has 0 amide bonds. The number of carboxylic acids is 1. The smallest absolute Gasteiger partial charge is 0.337 e. The highest BCUT2D eigenvalue weighted by atomic mass is 35.5. The maximum absolute atomic E-state index is 12.2. The van der Waals surface area contributed by atoms with Gasteiger partial charge in [-0.25, -0.2) is 17.9 Å². The van der Waals surface area contributed by atoms with Gasteiger partial charge >= 0.3 is 5.97 Å². The van der Waals surface area contributed by atoms with E-state index in [1.165, 1.54) is 18.4 Å². The summed E-state index contributed by atoms with van der Waals surface area (Å²) in [4.78, 5) is 10.8. The Morgan fingerprint density at radius 3 is 2.67 bits per heavy atom. The van der Waals surface area contributed by atoms with E-state index in [1.54, 1.807) is 19.1 Å². The minimum atomic E-state index is -3.89. The van der Waals surface area contributed by atoms with Gasteiger partial charge in [-0.3, -0.25) is 0 Å². The Balaban J connectivity index is 2.32. The van der Waals surface area contributed by atoms with Crippen LogP contribution >= 0.6 is 11.6 Å². The van der Waals surface area contributed by atoms with Crippen molar-refractivity contribution in [3.05, 3.63) is 52.9 Å². The van der Waals surface area contributed by atoms with Crippen LogP contribution in [-0.2, 0) is 10.0 Å². The molecule has 0 aliphatic carbocycles. The van der Waals surface area contributed by atoms with Crippen molar-refractivity contribution in [1.82, 2.24) is 4.72 Å². The van der Waals surface area contributed by atoms with Crippen LogP contribution in [0.15, 0.2) is 45.9 Å². The van der Waals surface area contributed by atoms with Crippen LogP contribution in [-0.4, -0.2) is 19.5 Å². The zero-order chi connectivity index (χ0) is 15.6. The van der Waals surface area contributed by atoms with Crippen LogP contribution in [0.1, 0.15) is 29.1 Å². The molecule has 1 aromatic carbocycles. The molecule has 0 spiro atoms. The zero-order valence-corrected chi connectivity index (χ0v) is 12.5. The monoisotopic (exact) mass is 329 g/mol. The predicted molar refractivity (Wildman–Crippen MR) is 75.9 cm³/mol. The molecule has 0 aliphatic rings. The third-order valence-corrected chi connectivity index (χ3v) is 4.65. The molecule has 1 heterocycles. The number of benzene rings is 1. The summed E-state index contributed by atoms with van der Waals surface area (Å²) in [6.45, 7) is 1.62. The molecule has 2 rings (SSSR count). The number of rotatable bonds is 5. The normalized spacial score (nSPS) is 13.0. The number of aromatic carboxylic acids is 1. The molecule has 2 aromatic rings. The molecule has 0 saturated carbocycles. The van der Waals surface area contributed by atoms with Crippen molar-refractivity contribution in [2.24, 2.45) is 0 Å². The third-order valence-electron chi connectivity index (χ3n) is 2.78. The first-order valence-corrected chi connectivity index (χ1v) is 7.76. The van der Waals surface area contributed by atoms with Crippen LogP contribution in [0, 0.1) is 0 Å². The highest BCUT2D eigenvalue weighted by Crippen LogP contribution is 2.22. The van der Waals surface area contributed by atoms with Gasteiger partial charge in [0.05, 0.1) is 27.8 Å². The Morgan fingerprint density at radius 1 is 1.38 bits per heavy atom. The lowest BCUT2D eigenvalue weighted by molar-refractivity contribution is 0.0697. The Hall–Kier alpha value is -1.83. The Kier molecular flexibility index (Phi) is 4.36. The van der Waals surface area contributed by atoms with E-state index in [2.05, 4.69) is 4.72 Å². The van der Waals surface area contributed by atoms with E-state index in [9.17, 15) is 13.2 Å². The minimum absolute atomic E-state index is 0.0273. The minimum Gasteiger partial charge on any atom is -0.478 e. The number of sulfonamides is 1. The summed E-state index contributed by atoms with van der Waals surface area (Å²) >= 11 is 5.72. The van der Waals surface area contributed by atoms with Gasteiger partial charge in [0.1, 0.15) is 5.76 Å². The number of hydrogen-bond acceptors (Lipinski definition) is 4. The molecular weight excluding hydrogens is 318 g/mol. The standard InChI is InChI=1S/C13H12ClNO5S/c1-8(12-3-2-6-20-12)15-21(18,19)9-4-5-11(14)10(7-9)13(16)17/h2-8,15H,1H3,(H,16,17)/t8-/m1/s1. The van der Waals surface area contributed by atoms with E-state index in [1.807, 2.05) is 0 Å². The molecule has 0 radical (unpaired) electrons. The second kappa shape index (κ2) is 5.88. The lowest BCUT2D eigenvalue weighted by atomic mass is 10.2. The Morgan fingerprint density at radius 2 is 2.10 bits per heavy atom. The second-order valence-electron chi connectivity index (χ2n) is 4.31. The van der Waals surface area contributed by atoms with Gasteiger partial charge in [-0.05, 0) is 37.3 Å². The molecule has 0 saturated heterocycles. The molecular formula is C13H12ClNO5S. The van der Waals surface area contributed by atoms with Crippen LogP contribution in [0.4, 0.5) is 0 Å². The Bertz CT molecular complexity index is 755. The van der Waals surface area contributed by atoms with E-state index in [-0.39, 0.29) is 15.5 Å². The molecule has 1 aromatic heterocycles. The van der Waals surface area contributed by atoms with E-state index in [4.69, 9.17) is 21.1 Å². The molecule has 8 heteroatoms. The van der Waals surface area contributed by atoms with E-state index < -0.39 is 22.0 Å². The van der Waals surface area contributed by atoms with Gasteiger partial charge in [-0.2, -0.15) is 0 Å². The largest absolute Gasteiger partial charge is 0.478 e. The maximum Gasteiger partial charge on any atom is 0.337 e. The molecule has 2 N–H and O–H groups in total. The molecule has 0 fully saturated rings. The van der Waals surface area contributed by atoms with E-state index >= 15 is 0 Å². The van der Waals surface area contributed by atoms with Crippen LogP contribution in [0.3, 0.4) is 0 Å². The highest BCUT2D eigenvalue weighted by molar-refractivity contribution is 7.89. The first-order valence-electron chi connectivity index (χ1n) is 5.90. The quantitative estimate of drug-likeness (QED) is 0.879. The summed E-state index contributed by atoms with van der Waals surface area (Å²) in [6.07, 6.45) is 1.44. The first kappa shape index (κ1) is 15.6. The fourth-order valence-corrected chi connectivity index (χ4v) is 3.17. The highest BCUT2D eigenvalue weighted by Gasteiger charge is 2.22. The summed E-state index contributed by atoms with van der Waals surface area (Å²) in [7, 11) is -3.89. The van der Waals surface area contributed by atoms with Gasteiger partial charge in [-0.15, -0.1) is 0 Å². The van der Waals surface area contributed by atoms with Crippen molar-refractivity contribution in [2.75, 3.05) is 0 Å². The molecule has 0 unspecified atom stereocenters.